The average Bonchev–Trinajstić information content (AvgIpc) is 2.06. The molecule has 3 amide bonds. The minimum Gasteiger partial charge on any atom is -0.322 e. The second kappa shape index (κ2) is 3.26. The van der Waals surface area contributed by atoms with Crippen LogP contribution in [0.3, 0.4) is 0 Å². The largest absolute Gasteiger partial charge is 0.322 e. The van der Waals surface area contributed by atoms with E-state index in [4.69, 9.17) is 0 Å². The molecule has 13 heavy (non-hydrogen) atoms. The summed E-state index contributed by atoms with van der Waals surface area (Å²) in [6.07, 6.45) is 0.555. The van der Waals surface area contributed by atoms with Crippen LogP contribution in [0.1, 0.15) is 6.42 Å². The van der Waals surface area contributed by atoms with Crippen LogP contribution in [0.25, 0.3) is 0 Å². The molecule has 6 heteroatoms. The van der Waals surface area contributed by atoms with Crippen LogP contribution in [0.15, 0.2) is 0 Å². The van der Waals surface area contributed by atoms with Crippen molar-refractivity contribution in [2.45, 2.75) is 17.4 Å². The molecule has 0 radical (unpaired) electrons. The summed E-state index contributed by atoms with van der Waals surface area (Å²) in [4.78, 5) is 22.6. The van der Waals surface area contributed by atoms with E-state index in [-0.39, 0.29) is 18.0 Å². The Balaban J connectivity index is 2.11. The lowest BCUT2D eigenvalue weighted by Crippen LogP contribution is -2.66. The molecule has 3 unspecified atom stereocenters. The van der Waals surface area contributed by atoms with Crippen molar-refractivity contribution in [3.05, 3.63) is 0 Å². The summed E-state index contributed by atoms with van der Waals surface area (Å²) in [5, 5.41) is 8.01. The summed E-state index contributed by atoms with van der Waals surface area (Å²) in [6.45, 7) is 0.773. The van der Waals surface area contributed by atoms with Crippen molar-refractivity contribution in [1.29, 1.82) is 0 Å². The van der Waals surface area contributed by atoms with E-state index >= 15 is 0 Å². The van der Waals surface area contributed by atoms with Crippen molar-refractivity contribution >= 4 is 27.9 Å². The van der Waals surface area contributed by atoms with Crippen molar-refractivity contribution in [2.24, 2.45) is 5.92 Å². The highest BCUT2D eigenvalue weighted by atomic mass is 79.9. The van der Waals surface area contributed by atoms with E-state index < -0.39 is 6.03 Å². The molecule has 2 aliphatic rings. The predicted molar refractivity (Wildman–Crippen MR) is 49.3 cm³/mol. The maximum Gasteiger partial charge on any atom is 0.322 e. The van der Waals surface area contributed by atoms with E-state index in [0.29, 0.717) is 4.83 Å². The summed E-state index contributed by atoms with van der Waals surface area (Å²) in [5.74, 6) is -0.346. The Labute approximate surface area is 83.8 Å². The molecule has 0 aromatic rings. The van der Waals surface area contributed by atoms with Gasteiger partial charge in [0.1, 0.15) is 0 Å². The molecule has 0 aromatic carbocycles. The van der Waals surface area contributed by atoms with Gasteiger partial charge in [-0.15, -0.1) is 0 Å². The van der Waals surface area contributed by atoms with Crippen molar-refractivity contribution in [2.75, 3.05) is 6.54 Å². The number of urea groups is 1. The topological polar surface area (TPSA) is 70.2 Å². The van der Waals surface area contributed by atoms with Crippen LogP contribution < -0.4 is 16.0 Å². The average molecular weight is 248 g/mol. The third kappa shape index (κ3) is 1.68. The lowest BCUT2D eigenvalue weighted by Gasteiger charge is -2.37. The highest BCUT2D eigenvalue weighted by Crippen LogP contribution is 2.22. The monoisotopic (exact) mass is 247 g/mol. The summed E-state index contributed by atoms with van der Waals surface area (Å²) in [7, 11) is 0. The van der Waals surface area contributed by atoms with Gasteiger partial charge >= 0.3 is 6.03 Å². The Morgan fingerprint density at radius 1 is 1.38 bits per heavy atom. The number of hydrogen-bond donors (Lipinski definition) is 3. The number of nitrogens with one attached hydrogen (secondary N) is 3. The van der Waals surface area contributed by atoms with Gasteiger partial charge in [-0.3, -0.25) is 15.4 Å². The van der Waals surface area contributed by atoms with Gasteiger partial charge in [0.2, 0.25) is 5.91 Å². The van der Waals surface area contributed by atoms with E-state index in [9.17, 15) is 9.59 Å². The molecule has 3 atom stereocenters. The first-order chi connectivity index (χ1) is 6.16. The molecule has 2 rings (SSSR count). The molecule has 5 nitrogen and oxygen atoms in total. The number of alkyl halides is 1. The molecule has 72 valence electrons. The van der Waals surface area contributed by atoms with Crippen LogP contribution >= 0.6 is 15.9 Å². The Morgan fingerprint density at radius 3 is 2.92 bits per heavy atom. The highest BCUT2D eigenvalue weighted by molar-refractivity contribution is 9.09. The van der Waals surface area contributed by atoms with Gasteiger partial charge in [-0.05, 0) is 6.42 Å². The number of hydrogen-bond acceptors (Lipinski definition) is 3. The van der Waals surface area contributed by atoms with Gasteiger partial charge in [0, 0.05) is 11.4 Å². The van der Waals surface area contributed by atoms with Crippen LogP contribution in [0, 0.1) is 5.92 Å². The molecule has 0 spiro atoms. The zero-order chi connectivity index (χ0) is 9.42. The van der Waals surface area contributed by atoms with Crippen LogP contribution in [-0.4, -0.2) is 29.5 Å². The molecule has 0 aromatic heterocycles. The van der Waals surface area contributed by atoms with Gasteiger partial charge in [-0.25, -0.2) is 4.79 Å². The summed E-state index contributed by atoms with van der Waals surface area (Å²) in [5.41, 5.74) is 0. The fraction of sp³-hybridized carbons (Fsp3) is 0.714. The Kier molecular flexibility index (Phi) is 2.25. The van der Waals surface area contributed by atoms with Crippen LogP contribution in [0.5, 0.6) is 0 Å². The highest BCUT2D eigenvalue weighted by Gasteiger charge is 2.39. The molecular formula is C7H10BrN3O2. The first-order valence-corrected chi connectivity index (χ1v) is 5.07. The molecule has 0 saturated carbocycles. The molecule has 3 N–H and O–H groups in total. The zero-order valence-electron chi connectivity index (χ0n) is 6.84. The van der Waals surface area contributed by atoms with Crippen LogP contribution in [-0.2, 0) is 4.79 Å². The number of halogens is 1. The number of carbonyl (C=O) groups excluding carboxylic acids is 2. The van der Waals surface area contributed by atoms with Crippen molar-refractivity contribution in [1.82, 2.24) is 16.0 Å². The third-order valence-electron chi connectivity index (χ3n) is 2.33. The fourth-order valence-electron chi connectivity index (χ4n) is 1.68. The molecule has 2 heterocycles. The Hall–Kier alpha value is -0.620. The molecule has 2 fully saturated rings. The standard InChI is InChI=1S/C7H10BrN3O2/c8-3-1-4-5(9-2-3)10-7(13)11-6(4)12/h3-5,9H,1-2H2,(H2,10,11,12,13). The molecular weight excluding hydrogens is 238 g/mol. The minimum atomic E-state index is -0.410. The van der Waals surface area contributed by atoms with Gasteiger partial charge in [-0.2, -0.15) is 0 Å². The van der Waals surface area contributed by atoms with Gasteiger partial charge in [-0.1, -0.05) is 15.9 Å². The minimum absolute atomic E-state index is 0.157. The molecule has 2 saturated heterocycles. The lowest BCUT2D eigenvalue weighted by molar-refractivity contribution is -0.126. The predicted octanol–water partition coefficient (Wildman–Crippen LogP) is -0.475. The zero-order valence-corrected chi connectivity index (χ0v) is 8.43. The first kappa shape index (κ1) is 8.96. The second-order valence-corrected chi connectivity index (χ2v) is 4.58. The third-order valence-corrected chi connectivity index (χ3v) is 3.03. The van der Waals surface area contributed by atoms with Gasteiger partial charge in [0.25, 0.3) is 0 Å². The molecule has 2 aliphatic heterocycles. The smallest absolute Gasteiger partial charge is 0.322 e. The van der Waals surface area contributed by atoms with Gasteiger partial charge in [0.15, 0.2) is 0 Å². The molecule has 0 bridgehead atoms. The first-order valence-electron chi connectivity index (χ1n) is 4.15. The summed E-state index contributed by atoms with van der Waals surface area (Å²) < 4.78 is 0. The number of carbonyl (C=O) groups is 2. The number of piperidine rings is 1. The summed E-state index contributed by atoms with van der Waals surface area (Å²) >= 11 is 3.44. The lowest BCUT2D eigenvalue weighted by atomic mass is 9.93. The fourth-order valence-corrected chi connectivity index (χ4v) is 2.27. The van der Waals surface area contributed by atoms with E-state index in [1.807, 2.05) is 0 Å². The Morgan fingerprint density at radius 2 is 2.15 bits per heavy atom. The van der Waals surface area contributed by atoms with E-state index in [1.54, 1.807) is 0 Å². The molecule has 0 aliphatic carbocycles. The van der Waals surface area contributed by atoms with E-state index in [0.717, 1.165) is 13.0 Å². The normalized spacial score (nSPS) is 39.0. The number of fused-ring (bicyclic) bond motifs is 1. The second-order valence-electron chi connectivity index (χ2n) is 3.29. The summed E-state index contributed by atoms with van der Waals surface area (Å²) in [6, 6.07) is -0.410. The van der Waals surface area contributed by atoms with Crippen LogP contribution in [0.4, 0.5) is 4.79 Å². The van der Waals surface area contributed by atoms with Crippen molar-refractivity contribution in [3.63, 3.8) is 0 Å². The number of amides is 3. The van der Waals surface area contributed by atoms with Crippen LogP contribution in [0.2, 0.25) is 0 Å². The van der Waals surface area contributed by atoms with Gasteiger partial charge < -0.3 is 5.32 Å². The van der Waals surface area contributed by atoms with Crippen molar-refractivity contribution < 1.29 is 9.59 Å². The number of imide groups is 1. The quantitative estimate of drug-likeness (QED) is 0.507. The maximum absolute atomic E-state index is 11.4. The van der Waals surface area contributed by atoms with E-state index in [2.05, 4.69) is 31.9 Å². The SMILES string of the molecule is O=C1NC(=O)C2CC(Br)CNC2N1. The Bertz CT molecular complexity index is 258. The van der Waals surface area contributed by atoms with Crippen molar-refractivity contribution in [3.8, 4) is 0 Å². The maximum atomic E-state index is 11.4. The number of rotatable bonds is 0. The van der Waals surface area contributed by atoms with E-state index in [1.165, 1.54) is 0 Å². The van der Waals surface area contributed by atoms with Gasteiger partial charge in [0.05, 0.1) is 12.1 Å².